The van der Waals surface area contributed by atoms with E-state index >= 15 is 0 Å². The molecular formula is C24H27NOP+. The Labute approximate surface area is 163 Å². The molecule has 2 nitrogen and oxygen atoms in total. The molecule has 0 spiro atoms. The van der Waals surface area contributed by atoms with Gasteiger partial charge in [0.1, 0.15) is 23.2 Å². The van der Waals surface area contributed by atoms with E-state index in [0.717, 1.165) is 13.1 Å². The molecule has 0 atom stereocenters. The van der Waals surface area contributed by atoms with Crippen molar-refractivity contribution in [3.05, 3.63) is 91.0 Å². The molecule has 138 valence electrons. The van der Waals surface area contributed by atoms with E-state index in [1.165, 1.54) is 15.9 Å². The number of rotatable bonds is 7. The van der Waals surface area contributed by atoms with Crippen LogP contribution < -0.4 is 15.9 Å². The summed E-state index contributed by atoms with van der Waals surface area (Å²) in [7, 11) is -2.08. The third-order valence-corrected chi connectivity index (χ3v) is 9.36. The van der Waals surface area contributed by atoms with Gasteiger partial charge in [-0.1, -0.05) is 54.6 Å². The maximum absolute atomic E-state index is 13.3. The molecule has 3 aromatic rings. The van der Waals surface area contributed by atoms with E-state index in [0.29, 0.717) is 6.16 Å². The molecule has 0 N–H and O–H groups in total. The summed E-state index contributed by atoms with van der Waals surface area (Å²) >= 11 is 0. The van der Waals surface area contributed by atoms with E-state index in [9.17, 15) is 4.79 Å². The van der Waals surface area contributed by atoms with Crippen molar-refractivity contribution >= 4 is 29.1 Å². The molecule has 0 heterocycles. The predicted octanol–water partition coefficient (Wildman–Crippen LogP) is 3.85. The van der Waals surface area contributed by atoms with Gasteiger partial charge in [-0.05, 0) is 50.2 Å². The summed E-state index contributed by atoms with van der Waals surface area (Å²) in [5, 5.41) is 3.76. The van der Waals surface area contributed by atoms with Gasteiger partial charge in [0.2, 0.25) is 0 Å². The minimum Gasteiger partial charge on any atom is -0.340 e. The third-order valence-electron chi connectivity index (χ3n) is 5.08. The van der Waals surface area contributed by atoms with Gasteiger partial charge in [0.05, 0.1) is 0 Å². The van der Waals surface area contributed by atoms with E-state index in [4.69, 9.17) is 0 Å². The molecule has 0 fully saturated rings. The number of hydrogen-bond acceptors (Lipinski definition) is 1. The Morgan fingerprint density at radius 1 is 0.667 bits per heavy atom. The topological polar surface area (TPSA) is 20.3 Å². The SMILES string of the molecule is CCN(CC)C(=O)C[P+](c1ccccc1)(c1ccccc1)c1ccccc1. The number of amides is 1. The normalized spacial score (nSPS) is 11.2. The first-order chi connectivity index (χ1) is 13.2. The third kappa shape index (κ3) is 3.96. The lowest BCUT2D eigenvalue weighted by molar-refractivity contribution is -0.128. The van der Waals surface area contributed by atoms with E-state index < -0.39 is 7.26 Å². The Balaban J connectivity index is 2.24. The lowest BCUT2D eigenvalue weighted by Crippen LogP contribution is -2.41. The molecule has 0 radical (unpaired) electrons. The smallest absolute Gasteiger partial charge is 0.261 e. The lowest BCUT2D eigenvalue weighted by Gasteiger charge is -2.29. The molecule has 0 aliphatic rings. The predicted molar refractivity (Wildman–Crippen MR) is 118 cm³/mol. The Bertz CT molecular complexity index is 749. The fraction of sp³-hybridized carbons (Fsp3) is 0.208. The second kappa shape index (κ2) is 8.97. The molecule has 1 amide bonds. The van der Waals surface area contributed by atoms with E-state index in [-0.39, 0.29) is 5.91 Å². The van der Waals surface area contributed by atoms with Crippen LogP contribution in [-0.2, 0) is 4.79 Å². The molecule has 0 bridgehead atoms. The van der Waals surface area contributed by atoms with Gasteiger partial charge in [0, 0.05) is 13.1 Å². The summed E-state index contributed by atoms with van der Waals surface area (Å²) in [4.78, 5) is 15.2. The van der Waals surface area contributed by atoms with Crippen LogP contribution in [-0.4, -0.2) is 30.1 Å². The summed E-state index contributed by atoms with van der Waals surface area (Å²) in [6.45, 7) is 5.59. The minimum absolute atomic E-state index is 0.227. The Kier molecular flexibility index (Phi) is 6.42. The zero-order valence-corrected chi connectivity index (χ0v) is 17.0. The number of nitrogens with zero attached hydrogens (tertiary/aromatic N) is 1. The van der Waals surface area contributed by atoms with Crippen LogP contribution in [0.5, 0.6) is 0 Å². The standard InChI is InChI=1S/C24H27NOP/c1-3-25(4-2)24(26)20-27(21-14-8-5-9-15-21,22-16-10-6-11-17-22)23-18-12-7-13-19-23/h5-19H,3-4,20H2,1-2H3/q+1. The van der Waals surface area contributed by atoms with Crippen LogP contribution in [0.4, 0.5) is 0 Å². The molecule has 0 aliphatic carbocycles. The van der Waals surface area contributed by atoms with Crippen molar-refractivity contribution in [2.24, 2.45) is 0 Å². The highest BCUT2D eigenvalue weighted by Gasteiger charge is 2.47. The molecule has 3 heteroatoms. The second-order valence-corrected chi connectivity index (χ2v) is 10.0. The van der Waals surface area contributed by atoms with Crippen molar-refractivity contribution in [3.63, 3.8) is 0 Å². The van der Waals surface area contributed by atoms with Gasteiger partial charge in [-0.25, -0.2) is 0 Å². The van der Waals surface area contributed by atoms with Crippen LogP contribution in [0.1, 0.15) is 13.8 Å². The van der Waals surface area contributed by atoms with Crippen molar-refractivity contribution < 1.29 is 4.79 Å². The van der Waals surface area contributed by atoms with Gasteiger partial charge in [-0.15, -0.1) is 0 Å². The molecule has 3 rings (SSSR count). The fourth-order valence-electron chi connectivity index (χ4n) is 3.65. The van der Waals surface area contributed by atoms with Crippen LogP contribution in [0.25, 0.3) is 0 Å². The quantitative estimate of drug-likeness (QED) is 0.574. The largest absolute Gasteiger partial charge is 0.340 e. The summed E-state index contributed by atoms with van der Waals surface area (Å²) in [6, 6.07) is 31.7. The van der Waals surface area contributed by atoms with Crippen LogP contribution in [0.2, 0.25) is 0 Å². The molecule has 0 unspecified atom stereocenters. The van der Waals surface area contributed by atoms with Gasteiger partial charge in [-0.2, -0.15) is 0 Å². The highest BCUT2D eigenvalue weighted by Crippen LogP contribution is 2.55. The number of benzene rings is 3. The van der Waals surface area contributed by atoms with Gasteiger partial charge in [0.15, 0.2) is 6.16 Å². The van der Waals surface area contributed by atoms with Gasteiger partial charge in [0.25, 0.3) is 5.91 Å². The Hall–Kier alpha value is -2.44. The van der Waals surface area contributed by atoms with Crippen molar-refractivity contribution in [1.29, 1.82) is 0 Å². The van der Waals surface area contributed by atoms with Gasteiger partial charge < -0.3 is 4.90 Å². The first-order valence-corrected chi connectivity index (χ1v) is 11.5. The zero-order chi connectivity index (χ0) is 19.1. The summed E-state index contributed by atoms with van der Waals surface area (Å²) < 4.78 is 0. The van der Waals surface area contributed by atoms with E-state index in [1.54, 1.807) is 0 Å². The monoisotopic (exact) mass is 376 g/mol. The van der Waals surface area contributed by atoms with E-state index in [1.807, 2.05) is 23.1 Å². The highest BCUT2D eigenvalue weighted by atomic mass is 31.2. The molecule has 3 aromatic carbocycles. The van der Waals surface area contributed by atoms with Gasteiger partial charge >= 0.3 is 0 Å². The van der Waals surface area contributed by atoms with Crippen molar-refractivity contribution in [1.82, 2.24) is 4.90 Å². The first kappa shape index (κ1) is 19.3. The van der Waals surface area contributed by atoms with Crippen LogP contribution in [0.3, 0.4) is 0 Å². The van der Waals surface area contributed by atoms with Crippen LogP contribution in [0, 0.1) is 0 Å². The number of hydrogen-bond donors (Lipinski definition) is 0. The first-order valence-electron chi connectivity index (χ1n) is 9.55. The second-order valence-electron chi connectivity index (χ2n) is 6.54. The minimum atomic E-state index is -2.08. The Morgan fingerprint density at radius 3 is 1.30 bits per heavy atom. The maximum Gasteiger partial charge on any atom is 0.261 e. The molecular weight excluding hydrogens is 349 g/mol. The summed E-state index contributed by atoms with van der Waals surface area (Å²) in [5.41, 5.74) is 0. The molecule has 0 aliphatic heterocycles. The Morgan fingerprint density at radius 2 is 1.00 bits per heavy atom. The maximum atomic E-state index is 13.3. The molecule has 0 aromatic heterocycles. The average molecular weight is 376 g/mol. The molecule has 0 saturated carbocycles. The van der Waals surface area contributed by atoms with Crippen molar-refractivity contribution in [2.75, 3.05) is 19.3 Å². The van der Waals surface area contributed by atoms with Crippen molar-refractivity contribution in [3.8, 4) is 0 Å². The summed E-state index contributed by atoms with van der Waals surface area (Å²) in [5.74, 6) is 0.227. The summed E-state index contributed by atoms with van der Waals surface area (Å²) in [6.07, 6.45) is 0.521. The number of carbonyl (C=O) groups excluding carboxylic acids is 1. The van der Waals surface area contributed by atoms with Crippen molar-refractivity contribution in [2.45, 2.75) is 13.8 Å². The van der Waals surface area contributed by atoms with Crippen LogP contribution in [0.15, 0.2) is 91.0 Å². The highest BCUT2D eigenvalue weighted by molar-refractivity contribution is 7.96. The van der Waals surface area contributed by atoms with E-state index in [2.05, 4.69) is 86.6 Å². The zero-order valence-electron chi connectivity index (χ0n) is 16.1. The molecule has 27 heavy (non-hydrogen) atoms. The fourth-order valence-corrected chi connectivity index (χ4v) is 7.74. The average Bonchev–Trinajstić information content (AvgIpc) is 2.75. The lowest BCUT2D eigenvalue weighted by atomic mass is 10.4. The molecule has 0 saturated heterocycles. The van der Waals surface area contributed by atoms with Crippen LogP contribution >= 0.6 is 7.26 Å². The van der Waals surface area contributed by atoms with Gasteiger partial charge in [-0.3, -0.25) is 4.79 Å². The number of carbonyl (C=O) groups is 1.